The molecule has 0 bridgehead atoms. The first-order chi connectivity index (χ1) is 14.4. The average molecular weight is 470 g/mol. The fourth-order valence-electron chi connectivity index (χ4n) is 2.79. The smallest absolute Gasteiger partial charge is 0.242 e. The van der Waals surface area contributed by atoms with Crippen molar-refractivity contribution in [1.82, 2.24) is 9.62 Å². The second kappa shape index (κ2) is 9.67. The summed E-state index contributed by atoms with van der Waals surface area (Å²) in [7, 11) is -3.08. The minimum Gasteiger partial charge on any atom is -0.497 e. The van der Waals surface area contributed by atoms with Gasteiger partial charge in [0.25, 0.3) is 0 Å². The molecule has 0 spiro atoms. The van der Waals surface area contributed by atoms with E-state index in [0.29, 0.717) is 5.75 Å². The van der Waals surface area contributed by atoms with Gasteiger partial charge in [-0.2, -0.15) is 0 Å². The SMILES string of the molecule is COc1ccc(C(C)NC(=O)CN(c2ccc(S(=O)(=O)N(C)C)cc2)S(C)(=O)=O)cc1. The third-order valence-electron chi connectivity index (χ3n) is 4.58. The standard InChI is InChI=1S/C20H27N3O6S2/c1-15(16-6-10-18(29-4)11-7-16)21-20(24)14-23(30(5,25)26)17-8-12-19(13-9-17)31(27,28)22(2)3/h6-13,15H,14H2,1-5H3,(H,21,24). The number of sulfonamides is 2. The average Bonchev–Trinajstić information content (AvgIpc) is 2.71. The van der Waals surface area contributed by atoms with Crippen LogP contribution in [0, 0.1) is 0 Å². The van der Waals surface area contributed by atoms with Gasteiger partial charge in [-0.3, -0.25) is 9.10 Å². The van der Waals surface area contributed by atoms with E-state index in [0.717, 1.165) is 20.4 Å². The number of nitrogens with one attached hydrogen (secondary N) is 1. The Balaban J connectivity index is 2.19. The van der Waals surface area contributed by atoms with Crippen molar-refractivity contribution in [1.29, 1.82) is 0 Å². The van der Waals surface area contributed by atoms with Gasteiger partial charge in [-0.1, -0.05) is 12.1 Å². The molecule has 170 valence electrons. The van der Waals surface area contributed by atoms with Crippen molar-refractivity contribution in [2.75, 3.05) is 38.3 Å². The van der Waals surface area contributed by atoms with Gasteiger partial charge in [0.05, 0.1) is 30.0 Å². The number of carbonyl (C=O) groups is 1. The van der Waals surface area contributed by atoms with Crippen LogP contribution in [0.2, 0.25) is 0 Å². The topological polar surface area (TPSA) is 113 Å². The zero-order valence-electron chi connectivity index (χ0n) is 18.1. The molecule has 2 rings (SSSR count). The maximum atomic E-state index is 12.6. The zero-order valence-corrected chi connectivity index (χ0v) is 19.7. The van der Waals surface area contributed by atoms with Gasteiger partial charge in [0.2, 0.25) is 26.0 Å². The molecule has 1 unspecified atom stereocenters. The van der Waals surface area contributed by atoms with Crippen LogP contribution < -0.4 is 14.4 Å². The minimum atomic E-state index is -3.79. The van der Waals surface area contributed by atoms with E-state index in [1.807, 2.05) is 12.1 Å². The first-order valence-electron chi connectivity index (χ1n) is 9.30. The Morgan fingerprint density at radius 3 is 2.00 bits per heavy atom. The number of carbonyl (C=O) groups excluding carboxylic acids is 1. The van der Waals surface area contributed by atoms with Crippen LogP contribution >= 0.6 is 0 Å². The van der Waals surface area contributed by atoms with Crippen molar-refractivity contribution >= 4 is 31.6 Å². The van der Waals surface area contributed by atoms with Crippen molar-refractivity contribution in [3.63, 3.8) is 0 Å². The van der Waals surface area contributed by atoms with Crippen molar-refractivity contribution in [2.45, 2.75) is 17.9 Å². The van der Waals surface area contributed by atoms with E-state index >= 15 is 0 Å². The lowest BCUT2D eigenvalue weighted by Gasteiger charge is -2.23. The molecule has 0 radical (unpaired) electrons. The Labute approximate surface area is 183 Å². The monoisotopic (exact) mass is 469 g/mol. The maximum absolute atomic E-state index is 12.6. The summed E-state index contributed by atoms with van der Waals surface area (Å²) in [5.41, 5.74) is 1.02. The van der Waals surface area contributed by atoms with Gasteiger partial charge in [0.15, 0.2) is 0 Å². The lowest BCUT2D eigenvalue weighted by atomic mass is 10.1. The molecule has 2 aromatic carbocycles. The van der Waals surface area contributed by atoms with E-state index in [1.54, 1.807) is 26.2 Å². The van der Waals surface area contributed by atoms with E-state index in [1.165, 1.54) is 38.4 Å². The van der Waals surface area contributed by atoms with E-state index in [4.69, 9.17) is 4.74 Å². The van der Waals surface area contributed by atoms with E-state index in [9.17, 15) is 21.6 Å². The Hall–Kier alpha value is -2.63. The molecule has 31 heavy (non-hydrogen) atoms. The molecule has 1 amide bonds. The summed E-state index contributed by atoms with van der Waals surface area (Å²) in [5.74, 6) is 0.184. The molecule has 0 aliphatic rings. The lowest BCUT2D eigenvalue weighted by Crippen LogP contribution is -2.41. The number of rotatable bonds is 9. The van der Waals surface area contributed by atoms with Crippen LogP contribution in [0.15, 0.2) is 53.4 Å². The molecule has 0 aromatic heterocycles. The second-order valence-electron chi connectivity index (χ2n) is 7.11. The molecule has 11 heteroatoms. The summed E-state index contributed by atoms with van der Waals surface area (Å²) in [4.78, 5) is 12.6. The number of hydrogen-bond donors (Lipinski definition) is 1. The fourth-order valence-corrected chi connectivity index (χ4v) is 4.55. The molecular weight excluding hydrogens is 442 g/mol. The van der Waals surface area contributed by atoms with Gasteiger partial charge < -0.3 is 10.1 Å². The molecule has 1 N–H and O–H groups in total. The van der Waals surface area contributed by atoms with Gasteiger partial charge in [0, 0.05) is 14.1 Å². The van der Waals surface area contributed by atoms with Crippen molar-refractivity contribution in [3.05, 3.63) is 54.1 Å². The second-order valence-corrected chi connectivity index (χ2v) is 11.2. The normalized spacial score (nSPS) is 13.0. The predicted octanol–water partition coefficient (Wildman–Crippen LogP) is 1.59. The van der Waals surface area contributed by atoms with Crippen molar-refractivity contribution in [2.24, 2.45) is 0 Å². The Kier molecular flexibility index (Phi) is 7.68. The van der Waals surface area contributed by atoms with Gasteiger partial charge in [-0.05, 0) is 48.9 Å². The van der Waals surface area contributed by atoms with Gasteiger partial charge >= 0.3 is 0 Å². The number of benzene rings is 2. The Morgan fingerprint density at radius 2 is 1.55 bits per heavy atom. The third-order valence-corrected chi connectivity index (χ3v) is 7.55. The van der Waals surface area contributed by atoms with Crippen molar-refractivity contribution < 1.29 is 26.4 Å². The molecule has 2 aromatic rings. The fraction of sp³-hybridized carbons (Fsp3) is 0.350. The van der Waals surface area contributed by atoms with Crippen LogP contribution in [0.4, 0.5) is 5.69 Å². The summed E-state index contributed by atoms with van der Waals surface area (Å²) in [6.45, 7) is 1.34. The quantitative estimate of drug-likeness (QED) is 0.597. The van der Waals surface area contributed by atoms with Gasteiger partial charge in [0.1, 0.15) is 12.3 Å². The third kappa shape index (κ3) is 6.18. The highest BCUT2D eigenvalue weighted by atomic mass is 32.2. The first-order valence-corrected chi connectivity index (χ1v) is 12.6. The molecule has 0 aliphatic heterocycles. The summed E-state index contributed by atoms with van der Waals surface area (Å²) in [6, 6.07) is 12.1. The Bertz CT molecular complexity index is 1110. The summed E-state index contributed by atoms with van der Waals surface area (Å²) in [6.07, 6.45) is 0.984. The highest BCUT2D eigenvalue weighted by molar-refractivity contribution is 7.92. The van der Waals surface area contributed by atoms with E-state index < -0.39 is 32.5 Å². The predicted molar refractivity (Wildman–Crippen MR) is 119 cm³/mol. The van der Waals surface area contributed by atoms with Crippen LogP contribution in [0.25, 0.3) is 0 Å². The summed E-state index contributed by atoms with van der Waals surface area (Å²) >= 11 is 0. The molecular formula is C20H27N3O6S2. The van der Waals surface area contributed by atoms with Gasteiger partial charge in [-0.25, -0.2) is 21.1 Å². The van der Waals surface area contributed by atoms with Gasteiger partial charge in [-0.15, -0.1) is 0 Å². The summed E-state index contributed by atoms with van der Waals surface area (Å²) < 4.78 is 56.1. The van der Waals surface area contributed by atoms with Crippen LogP contribution in [-0.2, 0) is 24.8 Å². The minimum absolute atomic E-state index is 0.0206. The number of hydrogen-bond acceptors (Lipinski definition) is 6. The molecule has 0 heterocycles. The van der Waals surface area contributed by atoms with Crippen molar-refractivity contribution in [3.8, 4) is 5.75 Å². The van der Waals surface area contributed by atoms with E-state index in [-0.39, 0.29) is 16.6 Å². The number of amides is 1. The number of anilines is 1. The number of ether oxygens (including phenoxy) is 1. The molecule has 1 atom stereocenters. The number of nitrogens with zero attached hydrogens (tertiary/aromatic N) is 2. The Morgan fingerprint density at radius 1 is 1.00 bits per heavy atom. The van der Waals surface area contributed by atoms with Crippen LogP contribution in [0.1, 0.15) is 18.5 Å². The van der Waals surface area contributed by atoms with Crippen LogP contribution in [0.5, 0.6) is 5.75 Å². The molecule has 0 aliphatic carbocycles. The molecule has 0 fully saturated rings. The molecule has 0 saturated carbocycles. The molecule has 9 nitrogen and oxygen atoms in total. The highest BCUT2D eigenvalue weighted by Gasteiger charge is 2.23. The lowest BCUT2D eigenvalue weighted by molar-refractivity contribution is -0.120. The first kappa shape index (κ1) is 24.6. The van der Waals surface area contributed by atoms with E-state index in [2.05, 4.69) is 5.32 Å². The summed E-state index contributed by atoms with van der Waals surface area (Å²) in [5, 5.41) is 2.77. The molecule has 0 saturated heterocycles. The van der Waals surface area contributed by atoms with Crippen LogP contribution in [-0.4, -0.2) is 61.1 Å². The highest BCUT2D eigenvalue weighted by Crippen LogP contribution is 2.22. The van der Waals surface area contributed by atoms with Crippen LogP contribution in [0.3, 0.4) is 0 Å². The number of methoxy groups -OCH3 is 1. The zero-order chi connectivity index (χ0) is 23.4. The maximum Gasteiger partial charge on any atom is 0.242 e. The largest absolute Gasteiger partial charge is 0.497 e.